The molecule has 0 saturated carbocycles. The van der Waals surface area contributed by atoms with E-state index < -0.39 is 32.9 Å². The lowest BCUT2D eigenvalue weighted by molar-refractivity contribution is 0.175. The fraction of sp³-hybridized carbons (Fsp3) is 0.455. The van der Waals surface area contributed by atoms with Gasteiger partial charge in [0.15, 0.2) is 5.82 Å². The summed E-state index contributed by atoms with van der Waals surface area (Å²) in [6, 6.07) is 1.57. The summed E-state index contributed by atoms with van der Waals surface area (Å²) in [7, 11) is -4.08. The van der Waals surface area contributed by atoms with Gasteiger partial charge in [0.2, 0.25) is 10.0 Å². The second-order valence-electron chi connectivity index (χ2n) is 4.41. The fourth-order valence-corrected chi connectivity index (χ4v) is 3.35. The van der Waals surface area contributed by atoms with E-state index in [-0.39, 0.29) is 17.1 Å². The van der Waals surface area contributed by atoms with Crippen molar-refractivity contribution in [3.05, 3.63) is 23.0 Å². The summed E-state index contributed by atoms with van der Waals surface area (Å²) in [4.78, 5) is -0.602. The third kappa shape index (κ3) is 4.31. The van der Waals surface area contributed by atoms with Crippen LogP contribution in [-0.2, 0) is 10.0 Å². The average Bonchev–Trinajstić information content (AvgIpc) is 2.20. The lowest BCUT2D eigenvalue weighted by Gasteiger charge is -2.16. The second kappa shape index (κ2) is 6.04. The Morgan fingerprint density at radius 2 is 2.05 bits per heavy atom. The van der Waals surface area contributed by atoms with Gasteiger partial charge in [-0.05, 0) is 32.4 Å². The quantitative estimate of drug-likeness (QED) is 0.719. The molecule has 0 aliphatic rings. The standard InChI is InChI=1S/C11H16ClFN2O3S/c1-6(3-7(2)16)15-19(17,18)10-5-8(12)4-9(14)11(10)13/h4-7,15-16H,3,14H2,1-2H3. The van der Waals surface area contributed by atoms with Crippen LogP contribution < -0.4 is 10.5 Å². The maximum absolute atomic E-state index is 13.7. The Balaban J connectivity index is 3.07. The van der Waals surface area contributed by atoms with E-state index in [9.17, 15) is 17.9 Å². The minimum absolute atomic E-state index is 0.0301. The van der Waals surface area contributed by atoms with Crippen LogP contribution in [0.1, 0.15) is 20.3 Å². The van der Waals surface area contributed by atoms with Gasteiger partial charge in [0, 0.05) is 11.1 Å². The Hall–Kier alpha value is -0.890. The maximum atomic E-state index is 13.7. The van der Waals surface area contributed by atoms with E-state index in [4.69, 9.17) is 17.3 Å². The average molecular weight is 311 g/mol. The molecule has 0 aliphatic heterocycles. The third-order valence-electron chi connectivity index (χ3n) is 2.37. The van der Waals surface area contributed by atoms with Crippen LogP contribution in [0.25, 0.3) is 0 Å². The number of halogens is 2. The van der Waals surface area contributed by atoms with E-state index >= 15 is 0 Å². The monoisotopic (exact) mass is 310 g/mol. The summed E-state index contributed by atoms with van der Waals surface area (Å²) >= 11 is 5.67. The van der Waals surface area contributed by atoms with Crippen molar-refractivity contribution >= 4 is 27.3 Å². The smallest absolute Gasteiger partial charge is 0.243 e. The lowest BCUT2D eigenvalue weighted by Crippen LogP contribution is -2.35. The van der Waals surface area contributed by atoms with Crippen LogP contribution >= 0.6 is 11.6 Å². The number of hydrogen-bond acceptors (Lipinski definition) is 4. The summed E-state index contributed by atoms with van der Waals surface area (Å²) in [6.07, 6.45) is -0.469. The first-order valence-corrected chi connectivity index (χ1v) is 7.44. The largest absolute Gasteiger partial charge is 0.396 e. The van der Waals surface area contributed by atoms with E-state index in [2.05, 4.69) is 4.72 Å². The summed E-state index contributed by atoms with van der Waals surface area (Å²) in [5.41, 5.74) is 5.00. The number of rotatable bonds is 5. The van der Waals surface area contributed by atoms with Crippen molar-refractivity contribution in [1.29, 1.82) is 0 Å². The molecule has 0 aliphatic carbocycles. The molecule has 4 N–H and O–H groups in total. The summed E-state index contributed by atoms with van der Waals surface area (Å²) in [5, 5.41) is 9.21. The Labute approximate surface area is 116 Å². The van der Waals surface area contributed by atoms with E-state index in [1.165, 1.54) is 6.92 Å². The normalized spacial score (nSPS) is 15.2. The topological polar surface area (TPSA) is 92.4 Å². The molecule has 1 rings (SSSR count). The minimum Gasteiger partial charge on any atom is -0.396 e. The fourth-order valence-electron chi connectivity index (χ4n) is 1.67. The van der Waals surface area contributed by atoms with Crippen molar-refractivity contribution in [1.82, 2.24) is 4.72 Å². The molecule has 8 heteroatoms. The molecule has 0 amide bonds. The number of aliphatic hydroxyl groups excluding tert-OH is 1. The van der Waals surface area contributed by atoms with Crippen LogP contribution in [0.4, 0.5) is 10.1 Å². The molecule has 0 bridgehead atoms. The predicted molar refractivity (Wildman–Crippen MR) is 71.9 cm³/mol. The van der Waals surface area contributed by atoms with Gasteiger partial charge in [-0.15, -0.1) is 0 Å². The van der Waals surface area contributed by atoms with Crippen molar-refractivity contribution < 1.29 is 17.9 Å². The molecule has 5 nitrogen and oxygen atoms in total. The highest BCUT2D eigenvalue weighted by atomic mass is 35.5. The molecule has 0 spiro atoms. The molecule has 0 radical (unpaired) electrons. The van der Waals surface area contributed by atoms with Gasteiger partial charge in [0.05, 0.1) is 11.8 Å². The van der Waals surface area contributed by atoms with Crippen LogP contribution in [-0.4, -0.2) is 25.7 Å². The Kier molecular flexibility index (Phi) is 5.14. The summed E-state index contributed by atoms with van der Waals surface area (Å²) in [6.45, 7) is 3.10. The molecule has 2 atom stereocenters. The number of sulfonamides is 1. The second-order valence-corrected chi connectivity index (χ2v) is 6.53. The van der Waals surface area contributed by atoms with Crippen molar-refractivity contribution in [3.63, 3.8) is 0 Å². The van der Waals surface area contributed by atoms with Crippen LogP contribution in [0.5, 0.6) is 0 Å². The van der Waals surface area contributed by atoms with Gasteiger partial charge in [-0.2, -0.15) is 0 Å². The van der Waals surface area contributed by atoms with E-state index in [0.29, 0.717) is 0 Å². The summed E-state index contributed by atoms with van der Waals surface area (Å²) in [5.74, 6) is -1.04. The minimum atomic E-state index is -4.08. The van der Waals surface area contributed by atoms with E-state index in [0.717, 1.165) is 12.1 Å². The molecule has 0 saturated heterocycles. The zero-order valence-electron chi connectivity index (χ0n) is 10.5. The Morgan fingerprint density at radius 3 is 2.58 bits per heavy atom. The lowest BCUT2D eigenvalue weighted by atomic mass is 10.2. The van der Waals surface area contributed by atoms with Gasteiger partial charge < -0.3 is 10.8 Å². The first kappa shape index (κ1) is 16.2. The molecule has 108 valence electrons. The Bertz CT molecular complexity index is 563. The van der Waals surface area contributed by atoms with E-state index in [1.54, 1.807) is 6.92 Å². The molecule has 19 heavy (non-hydrogen) atoms. The number of anilines is 1. The number of nitrogen functional groups attached to an aromatic ring is 1. The highest BCUT2D eigenvalue weighted by Gasteiger charge is 2.24. The van der Waals surface area contributed by atoms with Gasteiger partial charge in [-0.25, -0.2) is 17.5 Å². The highest BCUT2D eigenvalue weighted by molar-refractivity contribution is 7.89. The Morgan fingerprint density at radius 1 is 1.47 bits per heavy atom. The first-order chi connectivity index (χ1) is 8.63. The number of nitrogens with one attached hydrogen (secondary N) is 1. The molecule has 1 aromatic rings. The number of benzene rings is 1. The third-order valence-corrected chi connectivity index (χ3v) is 4.18. The van der Waals surface area contributed by atoms with Gasteiger partial charge in [-0.3, -0.25) is 0 Å². The molecular formula is C11H16ClFN2O3S. The molecule has 0 heterocycles. The van der Waals surface area contributed by atoms with Crippen LogP contribution in [0, 0.1) is 5.82 Å². The predicted octanol–water partition coefficient (Wildman–Crippen LogP) is 1.50. The van der Waals surface area contributed by atoms with Crippen LogP contribution in [0.15, 0.2) is 17.0 Å². The number of aliphatic hydroxyl groups is 1. The molecular weight excluding hydrogens is 295 g/mol. The van der Waals surface area contributed by atoms with Gasteiger partial charge in [-0.1, -0.05) is 11.6 Å². The molecule has 1 aromatic carbocycles. The van der Waals surface area contributed by atoms with Crippen molar-refractivity contribution in [2.45, 2.75) is 37.3 Å². The molecule has 0 aromatic heterocycles. The SMILES string of the molecule is CC(O)CC(C)NS(=O)(=O)c1cc(Cl)cc(N)c1F. The zero-order chi connectivity index (χ0) is 14.8. The van der Waals surface area contributed by atoms with Gasteiger partial charge in [0.1, 0.15) is 4.90 Å². The van der Waals surface area contributed by atoms with E-state index in [1.807, 2.05) is 0 Å². The summed E-state index contributed by atoms with van der Waals surface area (Å²) < 4.78 is 40.0. The van der Waals surface area contributed by atoms with Crippen molar-refractivity contribution in [2.75, 3.05) is 5.73 Å². The van der Waals surface area contributed by atoms with Crippen LogP contribution in [0.3, 0.4) is 0 Å². The maximum Gasteiger partial charge on any atom is 0.243 e. The number of nitrogens with two attached hydrogens (primary N) is 1. The number of hydrogen-bond donors (Lipinski definition) is 3. The zero-order valence-corrected chi connectivity index (χ0v) is 12.1. The molecule has 2 unspecified atom stereocenters. The highest BCUT2D eigenvalue weighted by Crippen LogP contribution is 2.25. The molecule has 0 fully saturated rings. The first-order valence-electron chi connectivity index (χ1n) is 5.58. The van der Waals surface area contributed by atoms with Crippen LogP contribution in [0.2, 0.25) is 5.02 Å². The van der Waals surface area contributed by atoms with Gasteiger partial charge >= 0.3 is 0 Å². The van der Waals surface area contributed by atoms with Crippen molar-refractivity contribution in [3.8, 4) is 0 Å². The van der Waals surface area contributed by atoms with Crippen molar-refractivity contribution in [2.24, 2.45) is 0 Å². The van der Waals surface area contributed by atoms with Gasteiger partial charge in [0.25, 0.3) is 0 Å².